The summed E-state index contributed by atoms with van der Waals surface area (Å²) in [6.45, 7) is -0.679. The van der Waals surface area contributed by atoms with Crippen LogP contribution in [-0.2, 0) is 26.9 Å². The Hall–Kier alpha value is -3.03. The molecule has 2 rings (SSSR count). The maximum Gasteiger partial charge on any atom is 0.418 e. The second-order valence-electron chi connectivity index (χ2n) is 5.28. The Morgan fingerprint density at radius 1 is 1.04 bits per heavy atom. The van der Waals surface area contributed by atoms with E-state index in [1.807, 2.05) is 0 Å². The number of nitrogens with one attached hydrogen (secondary N) is 1. The number of carbonyl (C=O) groups excluding carboxylic acids is 2. The van der Waals surface area contributed by atoms with E-state index in [9.17, 15) is 22.8 Å². The van der Waals surface area contributed by atoms with E-state index in [0.29, 0.717) is 11.3 Å². The Bertz CT molecular complexity index is 773. The number of carbonyl (C=O) groups is 2. The number of alkyl halides is 3. The molecule has 8 heteroatoms. The summed E-state index contributed by atoms with van der Waals surface area (Å²) in [5, 5.41) is 2.10. The average molecular weight is 367 g/mol. The molecule has 5 nitrogen and oxygen atoms in total. The monoisotopic (exact) mass is 367 g/mol. The van der Waals surface area contributed by atoms with E-state index in [-0.39, 0.29) is 6.42 Å². The number of hydrogen-bond acceptors (Lipinski definition) is 4. The molecule has 0 bridgehead atoms. The third-order valence-corrected chi connectivity index (χ3v) is 3.38. The number of hydrogen-bond donors (Lipinski definition) is 1. The average Bonchev–Trinajstić information content (AvgIpc) is 2.60. The third kappa shape index (κ3) is 5.51. The first-order valence-corrected chi connectivity index (χ1v) is 7.54. The Morgan fingerprint density at radius 3 is 2.31 bits per heavy atom. The van der Waals surface area contributed by atoms with Gasteiger partial charge in [-0.05, 0) is 29.8 Å². The van der Waals surface area contributed by atoms with Crippen LogP contribution in [0.25, 0.3) is 0 Å². The summed E-state index contributed by atoms with van der Waals surface area (Å²) in [6, 6.07) is 11.2. The smallest absolute Gasteiger partial charge is 0.418 e. The third-order valence-electron chi connectivity index (χ3n) is 3.38. The molecule has 1 N–H and O–H groups in total. The molecule has 0 heterocycles. The first-order valence-electron chi connectivity index (χ1n) is 7.54. The van der Waals surface area contributed by atoms with Crippen molar-refractivity contribution in [3.05, 3.63) is 59.7 Å². The van der Waals surface area contributed by atoms with Crippen molar-refractivity contribution in [1.29, 1.82) is 0 Å². The minimum Gasteiger partial charge on any atom is -0.497 e. The van der Waals surface area contributed by atoms with Crippen LogP contribution >= 0.6 is 0 Å². The molecule has 0 radical (unpaired) electrons. The molecule has 138 valence electrons. The van der Waals surface area contributed by atoms with Gasteiger partial charge in [0.05, 0.1) is 24.8 Å². The summed E-state index contributed by atoms with van der Waals surface area (Å²) >= 11 is 0. The quantitative estimate of drug-likeness (QED) is 0.795. The maximum atomic E-state index is 12.9. The number of amides is 1. The van der Waals surface area contributed by atoms with Gasteiger partial charge in [0.1, 0.15) is 5.75 Å². The maximum absolute atomic E-state index is 12.9. The first-order chi connectivity index (χ1) is 12.3. The van der Waals surface area contributed by atoms with Gasteiger partial charge < -0.3 is 14.8 Å². The predicted octanol–water partition coefficient (Wildman–Crippen LogP) is 3.44. The van der Waals surface area contributed by atoms with Gasteiger partial charge in [-0.25, -0.2) is 0 Å². The Labute approximate surface area is 147 Å². The van der Waals surface area contributed by atoms with Gasteiger partial charge in [0.2, 0.25) is 0 Å². The highest BCUT2D eigenvalue weighted by Gasteiger charge is 2.33. The number of rotatable bonds is 6. The molecular weight excluding hydrogens is 351 g/mol. The minimum absolute atomic E-state index is 0.0730. The van der Waals surface area contributed by atoms with E-state index in [1.54, 1.807) is 24.3 Å². The number of benzene rings is 2. The summed E-state index contributed by atoms with van der Waals surface area (Å²) in [7, 11) is 1.51. The van der Waals surface area contributed by atoms with E-state index in [0.717, 1.165) is 12.1 Å². The van der Waals surface area contributed by atoms with Gasteiger partial charge >= 0.3 is 12.1 Å². The molecular formula is C18H16F3NO4. The lowest BCUT2D eigenvalue weighted by Crippen LogP contribution is -2.23. The molecule has 0 aliphatic rings. The van der Waals surface area contributed by atoms with Crippen LogP contribution in [0.15, 0.2) is 48.5 Å². The van der Waals surface area contributed by atoms with Crippen LogP contribution < -0.4 is 10.1 Å². The molecule has 0 spiro atoms. The normalized spacial score (nSPS) is 10.9. The van der Waals surface area contributed by atoms with Crippen molar-refractivity contribution in [2.45, 2.75) is 12.6 Å². The Balaban J connectivity index is 1.88. The van der Waals surface area contributed by atoms with E-state index in [2.05, 4.69) is 5.32 Å². The molecule has 0 fully saturated rings. The predicted molar refractivity (Wildman–Crippen MR) is 87.7 cm³/mol. The Morgan fingerprint density at radius 2 is 1.69 bits per heavy atom. The number of methoxy groups -OCH3 is 1. The summed E-state index contributed by atoms with van der Waals surface area (Å²) in [5.74, 6) is -0.899. The second-order valence-corrected chi connectivity index (χ2v) is 5.28. The lowest BCUT2D eigenvalue weighted by molar-refractivity contribution is -0.146. The molecule has 0 atom stereocenters. The highest BCUT2D eigenvalue weighted by Crippen LogP contribution is 2.34. The molecule has 0 unspecified atom stereocenters. The fourth-order valence-corrected chi connectivity index (χ4v) is 2.13. The summed E-state index contributed by atoms with van der Waals surface area (Å²) in [4.78, 5) is 23.5. The zero-order chi connectivity index (χ0) is 19.2. The van der Waals surface area contributed by atoms with Gasteiger partial charge in [0, 0.05) is 0 Å². The van der Waals surface area contributed by atoms with Crippen LogP contribution in [0, 0.1) is 0 Å². The topological polar surface area (TPSA) is 64.6 Å². The largest absolute Gasteiger partial charge is 0.497 e. The molecule has 1 amide bonds. The van der Waals surface area contributed by atoms with E-state index in [1.165, 1.54) is 19.2 Å². The molecule has 0 aromatic heterocycles. The zero-order valence-electron chi connectivity index (χ0n) is 13.8. The van der Waals surface area contributed by atoms with Crippen LogP contribution in [0.4, 0.5) is 18.9 Å². The highest BCUT2D eigenvalue weighted by molar-refractivity contribution is 5.93. The van der Waals surface area contributed by atoms with Crippen LogP contribution in [-0.4, -0.2) is 25.6 Å². The second kappa shape index (κ2) is 8.37. The molecule has 0 aliphatic carbocycles. The number of para-hydroxylation sites is 1. The zero-order valence-corrected chi connectivity index (χ0v) is 13.8. The van der Waals surface area contributed by atoms with Crippen LogP contribution in [0.1, 0.15) is 11.1 Å². The van der Waals surface area contributed by atoms with Crippen molar-refractivity contribution in [3.8, 4) is 5.75 Å². The SMILES string of the molecule is COc1ccc(CC(=O)OCC(=O)Nc2ccccc2C(F)(F)F)cc1. The molecule has 0 saturated carbocycles. The van der Waals surface area contributed by atoms with Crippen molar-refractivity contribution in [1.82, 2.24) is 0 Å². The molecule has 2 aromatic rings. The summed E-state index contributed by atoms with van der Waals surface area (Å²) in [6.07, 6.45) is -4.68. The number of anilines is 1. The summed E-state index contributed by atoms with van der Waals surface area (Å²) in [5.41, 5.74) is -0.715. The van der Waals surface area contributed by atoms with Gasteiger partial charge in [0.25, 0.3) is 5.91 Å². The fraction of sp³-hybridized carbons (Fsp3) is 0.222. The Kier molecular flexibility index (Phi) is 6.21. The van der Waals surface area contributed by atoms with Crippen molar-refractivity contribution in [2.75, 3.05) is 19.0 Å². The molecule has 26 heavy (non-hydrogen) atoms. The standard InChI is InChI=1S/C18H16F3NO4/c1-25-13-8-6-12(7-9-13)10-17(24)26-11-16(23)22-15-5-3-2-4-14(15)18(19,20)21/h2-9H,10-11H2,1H3,(H,22,23). The highest BCUT2D eigenvalue weighted by atomic mass is 19.4. The fourth-order valence-electron chi connectivity index (χ4n) is 2.13. The van der Waals surface area contributed by atoms with E-state index >= 15 is 0 Å². The van der Waals surface area contributed by atoms with E-state index < -0.39 is 35.9 Å². The minimum atomic E-state index is -4.60. The van der Waals surface area contributed by atoms with E-state index in [4.69, 9.17) is 9.47 Å². The van der Waals surface area contributed by atoms with Gasteiger partial charge in [-0.3, -0.25) is 9.59 Å². The van der Waals surface area contributed by atoms with Crippen molar-refractivity contribution < 1.29 is 32.2 Å². The molecule has 0 saturated heterocycles. The lowest BCUT2D eigenvalue weighted by atomic mass is 10.1. The van der Waals surface area contributed by atoms with Gasteiger partial charge in [0.15, 0.2) is 6.61 Å². The van der Waals surface area contributed by atoms with Crippen molar-refractivity contribution in [2.24, 2.45) is 0 Å². The van der Waals surface area contributed by atoms with Gasteiger partial charge in [-0.15, -0.1) is 0 Å². The van der Waals surface area contributed by atoms with Crippen molar-refractivity contribution in [3.63, 3.8) is 0 Å². The number of halogens is 3. The first kappa shape index (κ1) is 19.3. The number of esters is 1. The van der Waals surface area contributed by atoms with Crippen LogP contribution in [0.3, 0.4) is 0 Å². The van der Waals surface area contributed by atoms with Crippen LogP contribution in [0.2, 0.25) is 0 Å². The van der Waals surface area contributed by atoms with Gasteiger partial charge in [-0.1, -0.05) is 24.3 Å². The van der Waals surface area contributed by atoms with Gasteiger partial charge in [-0.2, -0.15) is 13.2 Å². The van der Waals surface area contributed by atoms with Crippen LogP contribution in [0.5, 0.6) is 5.75 Å². The summed E-state index contributed by atoms with van der Waals surface area (Å²) < 4.78 is 48.4. The van der Waals surface area contributed by atoms with Crippen molar-refractivity contribution >= 4 is 17.6 Å². The molecule has 0 aliphatic heterocycles. The molecule has 2 aromatic carbocycles. The lowest BCUT2D eigenvalue weighted by Gasteiger charge is -2.13. The number of ether oxygens (including phenoxy) is 2.